The van der Waals surface area contributed by atoms with Crippen LogP contribution in [0.3, 0.4) is 0 Å². The van der Waals surface area contributed by atoms with Crippen LogP contribution in [0.15, 0.2) is 42.5 Å². The van der Waals surface area contributed by atoms with Gasteiger partial charge in [-0.3, -0.25) is 4.90 Å². The summed E-state index contributed by atoms with van der Waals surface area (Å²) in [7, 11) is -1.74. The molecule has 0 bridgehead atoms. The average molecular weight is 394 g/mol. The fourth-order valence-corrected chi connectivity index (χ4v) is 5.42. The molecule has 23 heavy (non-hydrogen) atoms. The van der Waals surface area contributed by atoms with Gasteiger partial charge in [0.15, 0.2) is 8.32 Å². The quantitative estimate of drug-likeness (QED) is 0.310. The van der Waals surface area contributed by atoms with Crippen molar-refractivity contribution >= 4 is 24.2 Å². The minimum absolute atomic E-state index is 0.193. The first-order valence-electron chi connectivity index (χ1n) is 8.50. The maximum atomic E-state index is 6.63. The Bertz CT molecular complexity index is 581. The molecule has 1 heterocycles. The van der Waals surface area contributed by atoms with Crippen LogP contribution in [0.1, 0.15) is 26.3 Å². The summed E-state index contributed by atoms with van der Waals surface area (Å²) in [6.45, 7) is 12.6. The fourth-order valence-electron chi connectivity index (χ4n) is 3.06. The molecule has 1 aliphatic carbocycles. The van der Waals surface area contributed by atoms with E-state index in [-0.39, 0.29) is 11.1 Å². The number of hydrogen-bond donors (Lipinski definition) is 0. The Morgan fingerprint density at radius 3 is 2.39 bits per heavy atom. The van der Waals surface area contributed by atoms with E-state index < -0.39 is 8.32 Å². The first-order valence-corrected chi connectivity index (χ1v) is 12.3. The largest absolute Gasteiger partial charge is 0.409 e. The molecule has 0 radical (unpaired) electrons. The van der Waals surface area contributed by atoms with Gasteiger partial charge in [0.05, 0.1) is 10.9 Å². The lowest BCUT2D eigenvalue weighted by Gasteiger charge is -2.40. The molecule has 4 heteroatoms. The second-order valence-corrected chi connectivity index (χ2v) is 14.1. The van der Waals surface area contributed by atoms with Gasteiger partial charge in [-0.1, -0.05) is 79.2 Å². The average Bonchev–Trinajstić information content (AvgIpc) is 3.15. The van der Waals surface area contributed by atoms with Crippen LogP contribution in [0.25, 0.3) is 0 Å². The van der Waals surface area contributed by atoms with Crippen molar-refractivity contribution in [1.29, 1.82) is 0 Å². The van der Waals surface area contributed by atoms with Crippen molar-refractivity contribution < 1.29 is 4.43 Å². The summed E-state index contributed by atoms with van der Waals surface area (Å²) >= 11 is 3.94. The molecule has 0 saturated carbocycles. The highest BCUT2D eigenvalue weighted by Gasteiger charge is 2.54. The van der Waals surface area contributed by atoms with Crippen LogP contribution < -0.4 is 0 Å². The summed E-state index contributed by atoms with van der Waals surface area (Å²) in [5.41, 5.74) is 1.39. The minimum atomic E-state index is -1.74. The molecule has 2 nitrogen and oxygen atoms in total. The Kier molecular flexibility index (Phi) is 4.64. The lowest BCUT2D eigenvalue weighted by atomic mass is 10.1. The molecule has 1 aliphatic heterocycles. The van der Waals surface area contributed by atoms with E-state index >= 15 is 0 Å². The van der Waals surface area contributed by atoms with Crippen molar-refractivity contribution in [1.82, 2.24) is 4.90 Å². The zero-order valence-electron chi connectivity index (χ0n) is 14.8. The summed E-state index contributed by atoms with van der Waals surface area (Å²) in [5.74, 6) is 0. The Balaban J connectivity index is 1.65. The smallest absolute Gasteiger partial charge is 0.192 e. The lowest BCUT2D eigenvalue weighted by molar-refractivity contribution is 0.215. The van der Waals surface area contributed by atoms with Gasteiger partial charge in [-0.25, -0.2) is 0 Å². The van der Waals surface area contributed by atoms with E-state index in [1.54, 1.807) is 0 Å². The highest BCUT2D eigenvalue weighted by molar-refractivity contribution is 9.09. The van der Waals surface area contributed by atoms with Crippen molar-refractivity contribution in [2.45, 2.75) is 68.5 Å². The molecule has 1 fully saturated rings. The van der Waals surface area contributed by atoms with Crippen LogP contribution in [0.5, 0.6) is 0 Å². The Morgan fingerprint density at radius 2 is 1.78 bits per heavy atom. The van der Waals surface area contributed by atoms with Gasteiger partial charge in [-0.15, -0.1) is 0 Å². The Morgan fingerprint density at radius 1 is 1.13 bits per heavy atom. The molecule has 0 N–H and O–H groups in total. The topological polar surface area (TPSA) is 12.2 Å². The molecular weight excluding hydrogens is 366 g/mol. The van der Waals surface area contributed by atoms with Gasteiger partial charge >= 0.3 is 0 Å². The third kappa shape index (κ3) is 3.50. The van der Waals surface area contributed by atoms with Crippen LogP contribution in [0.2, 0.25) is 18.1 Å². The van der Waals surface area contributed by atoms with Crippen molar-refractivity contribution in [2.24, 2.45) is 0 Å². The van der Waals surface area contributed by atoms with Gasteiger partial charge in [-0.2, -0.15) is 0 Å². The van der Waals surface area contributed by atoms with Crippen LogP contribution in [0, 0.1) is 0 Å². The first kappa shape index (κ1) is 17.4. The second kappa shape index (κ2) is 6.14. The van der Waals surface area contributed by atoms with E-state index in [0.717, 1.165) is 6.54 Å². The molecule has 0 spiro atoms. The number of alkyl halides is 1. The lowest BCUT2D eigenvalue weighted by Crippen LogP contribution is -2.47. The summed E-state index contributed by atoms with van der Waals surface area (Å²) in [6.07, 6.45) is 4.83. The summed E-state index contributed by atoms with van der Waals surface area (Å²) in [6, 6.07) is 11.9. The van der Waals surface area contributed by atoms with Gasteiger partial charge in [0.2, 0.25) is 0 Å². The summed E-state index contributed by atoms with van der Waals surface area (Å²) in [4.78, 5) is 2.94. The Labute approximate surface area is 150 Å². The van der Waals surface area contributed by atoms with Crippen molar-refractivity contribution in [3.8, 4) is 0 Å². The monoisotopic (exact) mass is 393 g/mol. The van der Waals surface area contributed by atoms with Gasteiger partial charge in [0, 0.05) is 18.6 Å². The zero-order chi connectivity index (χ0) is 16.8. The van der Waals surface area contributed by atoms with Crippen molar-refractivity contribution in [3.63, 3.8) is 0 Å². The zero-order valence-corrected chi connectivity index (χ0v) is 17.4. The van der Waals surface area contributed by atoms with Crippen LogP contribution in [-0.2, 0) is 11.0 Å². The first-order chi connectivity index (χ1) is 10.7. The molecule has 0 amide bonds. The molecule has 1 aromatic carbocycles. The molecule has 1 aromatic rings. The predicted molar refractivity (Wildman–Crippen MR) is 103 cm³/mol. The van der Waals surface area contributed by atoms with Crippen molar-refractivity contribution in [3.05, 3.63) is 48.0 Å². The number of fused-ring (bicyclic) bond motifs is 1. The van der Waals surface area contributed by atoms with E-state index in [4.69, 9.17) is 4.43 Å². The normalized spacial score (nSPS) is 33.4. The maximum absolute atomic E-state index is 6.63. The highest BCUT2D eigenvalue weighted by atomic mass is 79.9. The van der Waals surface area contributed by atoms with Crippen molar-refractivity contribution in [2.75, 3.05) is 0 Å². The summed E-state index contributed by atoms with van der Waals surface area (Å²) in [5, 5.41) is 0.248. The third-order valence-electron chi connectivity index (χ3n) is 5.61. The minimum Gasteiger partial charge on any atom is -0.409 e. The number of benzene rings is 1. The fraction of sp³-hybridized carbons (Fsp3) is 0.579. The van der Waals surface area contributed by atoms with Crippen LogP contribution in [-0.4, -0.2) is 36.2 Å². The molecule has 3 rings (SSSR count). The highest BCUT2D eigenvalue weighted by Crippen LogP contribution is 2.45. The van der Waals surface area contributed by atoms with Crippen LogP contribution >= 0.6 is 15.9 Å². The van der Waals surface area contributed by atoms with E-state index in [9.17, 15) is 0 Å². The van der Waals surface area contributed by atoms with Gasteiger partial charge in [0.1, 0.15) is 0 Å². The SMILES string of the molecule is CC(C)(C)[Si](C)(C)O[C@H]1C=C[C@@H]2[C@H]([C@@H]1Br)N2Cc1ccccc1. The van der Waals surface area contributed by atoms with E-state index in [0.29, 0.717) is 16.9 Å². The molecule has 0 aromatic heterocycles. The number of rotatable bonds is 4. The molecular formula is C19H28BrNOSi. The predicted octanol–water partition coefficient (Wildman–Crippen LogP) is 4.96. The summed E-state index contributed by atoms with van der Waals surface area (Å²) < 4.78 is 6.63. The van der Waals surface area contributed by atoms with Gasteiger partial charge in [0.25, 0.3) is 0 Å². The van der Waals surface area contributed by atoms with E-state index in [1.807, 2.05) is 0 Å². The molecule has 5 atom stereocenters. The van der Waals surface area contributed by atoms with E-state index in [1.165, 1.54) is 5.56 Å². The third-order valence-corrected chi connectivity index (χ3v) is 11.1. The maximum Gasteiger partial charge on any atom is 0.192 e. The second-order valence-electron chi connectivity index (χ2n) is 8.31. The van der Waals surface area contributed by atoms with Gasteiger partial charge in [-0.05, 0) is 23.7 Å². The van der Waals surface area contributed by atoms with Crippen LogP contribution in [0.4, 0.5) is 0 Å². The number of hydrogen-bond acceptors (Lipinski definition) is 2. The molecule has 2 aliphatic rings. The number of nitrogens with zero attached hydrogens (tertiary/aromatic N) is 1. The molecule has 126 valence electrons. The molecule has 1 saturated heterocycles. The number of halogens is 1. The van der Waals surface area contributed by atoms with Gasteiger partial charge < -0.3 is 4.43 Å². The Hall–Kier alpha value is -0.423. The van der Waals surface area contributed by atoms with E-state index in [2.05, 4.69) is 97.2 Å². The molecule has 1 unspecified atom stereocenters. The standard InChI is InChI=1S/C19H28BrNOSi/c1-19(2,3)23(4,5)22-16-12-11-15-18(17(16)20)21(15)13-14-9-7-6-8-10-14/h6-12,15-18H,13H2,1-5H3/t15-,16+,17-,18-,21?/m1/s1.